The van der Waals surface area contributed by atoms with E-state index in [4.69, 9.17) is 9.84 Å². The molecule has 0 bridgehead atoms. The molecule has 1 saturated heterocycles. The summed E-state index contributed by atoms with van der Waals surface area (Å²) in [4.78, 5) is 13.2. The highest BCUT2D eigenvalue weighted by Gasteiger charge is 2.33. The Morgan fingerprint density at radius 3 is 2.57 bits per heavy atom. The fraction of sp³-hybridized carbons (Fsp3) is 0.900. The lowest BCUT2D eigenvalue weighted by Gasteiger charge is -2.32. The van der Waals surface area contributed by atoms with Crippen LogP contribution in [0, 0.1) is 5.92 Å². The van der Waals surface area contributed by atoms with Crippen molar-refractivity contribution >= 4 is 5.97 Å². The van der Waals surface area contributed by atoms with Crippen LogP contribution in [0.4, 0.5) is 0 Å². The SMILES string of the molecule is O=C(O)[C@@H]1CC[C@H](N2CCOCC2)C1. The van der Waals surface area contributed by atoms with E-state index in [1.807, 2.05) is 0 Å². The zero-order chi connectivity index (χ0) is 9.97. The van der Waals surface area contributed by atoms with Crippen molar-refractivity contribution in [1.29, 1.82) is 0 Å². The Hall–Kier alpha value is -0.610. The molecule has 2 atom stereocenters. The van der Waals surface area contributed by atoms with Crippen molar-refractivity contribution in [3.8, 4) is 0 Å². The highest BCUT2D eigenvalue weighted by molar-refractivity contribution is 5.70. The van der Waals surface area contributed by atoms with Gasteiger partial charge in [-0.15, -0.1) is 0 Å². The van der Waals surface area contributed by atoms with Crippen LogP contribution in [0.25, 0.3) is 0 Å². The molecule has 0 aromatic rings. The summed E-state index contributed by atoms with van der Waals surface area (Å²) in [6, 6.07) is 0.486. The van der Waals surface area contributed by atoms with Crippen molar-refractivity contribution in [1.82, 2.24) is 4.90 Å². The van der Waals surface area contributed by atoms with Gasteiger partial charge < -0.3 is 9.84 Å². The predicted molar refractivity (Wildman–Crippen MR) is 51.2 cm³/mol. The maximum absolute atomic E-state index is 10.8. The van der Waals surface area contributed by atoms with E-state index < -0.39 is 5.97 Å². The molecule has 1 heterocycles. The summed E-state index contributed by atoms with van der Waals surface area (Å²) in [5, 5.41) is 8.89. The highest BCUT2D eigenvalue weighted by Crippen LogP contribution is 2.29. The molecule has 4 nitrogen and oxygen atoms in total. The van der Waals surface area contributed by atoms with Gasteiger partial charge in [-0.1, -0.05) is 0 Å². The van der Waals surface area contributed by atoms with Crippen LogP contribution >= 0.6 is 0 Å². The highest BCUT2D eigenvalue weighted by atomic mass is 16.5. The Morgan fingerprint density at radius 2 is 2.00 bits per heavy atom. The average Bonchev–Trinajstić information content (AvgIpc) is 2.68. The quantitative estimate of drug-likeness (QED) is 0.706. The van der Waals surface area contributed by atoms with Crippen molar-refractivity contribution in [2.24, 2.45) is 5.92 Å². The van der Waals surface area contributed by atoms with Gasteiger partial charge in [0.15, 0.2) is 0 Å². The lowest BCUT2D eigenvalue weighted by atomic mass is 10.1. The van der Waals surface area contributed by atoms with Crippen molar-refractivity contribution in [2.45, 2.75) is 25.3 Å². The van der Waals surface area contributed by atoms with Crippen LogP contribution < -0.4 is 0 Å². The minimum atomic E-state index is -0.624. The van der Waals surface area contributed by atoms with Crippen molar-refractivity contribution in [3.05, 3.63) is 0 Å². The maximum Gasteiger partial charge on any atom is 0.306 e. The molecule has 0 aromatic carbocycles. The lowest BCUT2D eigenvalue weighted by molar-refractivity contribution is -0.141. The van der Waals surface area contributed by atoms with E-state index in [9.17, 15) is 4.79 Å². The second-order valence-electron chi connectivity index (χ2n) is 4.15. The molecule has 4 heteroatoms. The van der Waals surface area contributed by atoms with E-state index in [2.05, 4.69) is 4.90 Å². The van der Waals surface area contributed by atoms with Crippen molar-refractivity contribution < 1.29 is 14.6 Å². The van der Waals surface area contributed by atoms with Crippen molar-refractivity contribution in [3.63, 3.8) is 0 Å². The molecular formula is C10H17NO3. The maximum atomic E-state index is 10.8. The first kappa shape index (κ1) is 9.93. The van der Waals surface area contributed by atoms with Gasteiger partial charge in [-0.25, -0.2) is 0 Å². The van der Waals surface area contributed by atoms with Crippen LogP contribution in [0.15, 0.2) is 0 Å². The summed E-state index contributed by atoms with van der Waals surface area (Å²) in [7, 11) is 0. The Kier molecular flexibility index (Phi) is 3.03. The summed E-state index contributed by atoms with van der Waals surface area (Å²) >= 11 is 0. The standard InChI is InChI=1S/C10H17NO3/c12-10(13)8-1-2-9(7-8)11-3-5-14-6-4-11/h8-9H,1-7H2,(H,12,13)/t8-,9+/m1/s1. The number of aliphatic carboxylic acids is 1. The summed E-state index contributed by atoms with van der Waals surface area (Å²) in [6.07, 6.45) is 2.71. The van der Waals surface area contributed by atoms with E-state index in [1.54, 1.807) is 0 Å². The topological polar surface area (TPSA) is 49.8 Å². The smallest absolute Gasteiger partial charge is 0.306 e. The number of hydrogen-bond acceptors (Lipinski definition) is 3. The first-order valence-electron chi connectivity index (χ1n) is 5.32. The van der Waals surface area contributed by atoms with Crippen LogP contribution in [0.1, 0.15) is 19.3 Å². The van der Waals surface area contributed by atoms with Gasteiger partial charge in [-0.2, -0.15) is 0 Å². The molecule has 2 fully saturated rings. The number of nitrogens with zero attached hydrogens (tertiary/aromatic N) is 1. The number of morpholine rings is 1. The van der Waals surface area contributed by atoms with E-state index in [0.29, 0.717) is 6.04 Å². The first-order chi connectivity index (χ1) is 6.77. The van der Waals surface area contributed by atoms with Crippen molar-refractivity contribution in [2.75, 3.05) is 26.3 Å². The third-order valence-corrected chi connectivity index (χ3v) is 3.32. The monoisotopic (exact) mass is 199 g/mol. The Balaban J connectivity index is 1.85. The molecule has 0 aromatic heterocycles. The lowest BCUT2D eigenvalue weighted by Crippen LogP contribution is -2.42. The predicted octanol–water partition coefficient (Wildman–Crippen LogP) is 0.572. The minimum absolute atomic E-state index is 0.108. The molecule has 1 aliphatic carbocycles. The number of carboxylic acids is 1. The second kappa shape index (κ2) is 4.28. The molecule has 1 aliphatic heterocycles. The summed E-state index contributed by atoms with van der Waals surface area (Å²) in [5.74, 6) is -0.733. The second-order valence-corrected chi connectivity index (χ2v) is 4.15. The number of carboxylic acid groups (broad SMARTS) is 1. The molecule has 0 amide bonds. The summed E-state index contributed by atoms with van der Waals surface area (Å²) in [5.41, 5.74) is 0. The zero-order valence-corrected chi connectivity index (χ0v) is 8.32. The molecule has 14 heavy (non-hydrogen) atoms. The molecule has 0 radical (unpaired) electrons. The van der Waals surface area contributed by atoms with E-state index in [1.165, 1.54) is 0 Å². The number of carbonyl (C=O) groups is 1. The van der Waals surface area contributed by atoms with Gasteiger partial charge in [0.1, 0.15) is 0 Å². The average molecular weight is 199 g/mol. The number of hydrogen-bond donors (Lipinski definition) is 1. The number of rotatable bonds is 2. The van der Waals surface area contributed by atoms with Gasteiger partial charge in [0.2, 0.25) is 0 Å². The van der Waals surface area contributed by atoms with Crippen LogP contribution in [0.2, 0.25) is 0 Å². The molecular weight excluding hydrogens is 182 g/mol. The normalized spacial score (nSPS) is 34.6. The third kappa shape index (κ3) is 2.07. The Labute approximate surface area is 83.8 Å². The van der Waals surface area contributed by atoms with Gasteiger partial charge in [0, 0.05) is 19.1 Å². The Morgan fingerprint density at radius 1 is 1.29 bits per heavy atom. The molecule has 0 spiro atoms. The number of ether oxygens (including phenoxy) is 1. The zero-order valence-electron chi connectivity index (χ0n) is 8.32. The van der Waals surface area contributed by atoms with Crippen LogP contribution in [0.5, 0.6) is 0 Å². The molecule has 2 rings (SSSR count). The fourth-order valence-corrected chi connectivity index (χ4v) is 2.46. The first-order valence-corrected chi connectivity index (χ1v) is 5.32. The fourth-order valence-electron chi connectivity index (χ4n) is 2.46. The van der Waals surface area contributed by atoms with Gasteiger partial charge in [0.05, 0.1) is 19.1 Å². The third-order valence-electron chi connectivity index (χ3n) is 3.32. The molecule has 1 N–H and O–H groups in total. The molecule has 2 aliphatic rings. The van der Waals surface area contributed by atoms with E-state index in [0.717, 1.165) is 45.6 Å². The molecule has 80 valence electrons. The molecule has 1 saturated carbocycles. The van der Waals surface area contributed by atoms with E-state index >= 15 is 0 Å². The van der Waals surface area contributed by atoms with Gasteiger partial charge >= 0.3 is 5.97 Å². The van der Waals surface area contributed by atoms with Gasteiger partial charge in [-0.3, -0.25) is 9.69 Å². The largest absolute Gasteiger partial charge is 0.481 e. The summed E-state index contributed by atoms with van der Waals surface area (Å²) in [6.45, 7) is 3.54. The minimum Gasteiger partial charge on any atom is -0.481 e. The van der Waals surface area contributed by atoms with Gasteiger partial charge in [-0.05, 0) is 19.3 Å². The Bertz CT molecular complexity index is 213. The van der Waals surface area contributed by atoms with Gasteiger partial charge in [0.25, 0.3) is 0 Å². The summed E-state index contributed by atoms with van der Waals surface area (Å²) < 4.78 is 5.28. The van der Waals surface area contributed by atoms with Crippen LogP contribution in [0.3, 0.4) is 0 Å². The van der Waals surface area contributed by atoms with Crippen LogP contribution in [-0.2, 0) is 9.53 Å². The van der Waals surface area contributed by atoms with Crippen LogP contribution in [-0.4, -0.2) is 48.3 Å². The molecule has 0 unspecified atom stereocenters. The van der Waals surface area contributed by atoms with E-state index in [-0.39, 0.29) is 5.92 Å².